The van der Waals surface area contributed by atoms with Crippen LogP contribution in [0.3, 0.4) is 0 Å². The number of anilines is 1. The smallest absolute Gasteiger partial charge is 0.238 e. The molecule has 6 nitrogen and oxygen atoms in total. The average Bonchev–Trinajstić information content (AvgIpc) is 3.09. The van der Waals surface area contributed by atoms with Crippen LogP contribution in [0.4, 0.5) is 5.69 Å². The van der Waals surface area contributed by atoms with Gasteiger partial charge in [0, 0.05) is 16.6 Å². The molecule has 1 aromatic heterocycles. The van der Waals surface area contributed by atoms with Gasteiger partial charge in [0.05, 0.1) is 16.3 Å². The average molecular weight is 420 g/mol. The monoisotopic (exact) mass is 419 g/mol. The summed E-state index contributed by atoms with van der Waals surface area (Å²) < 4.78 is 23.3. The van der Waals surface area contributed by atoms with E-state index < -0.39 is 10.0 Å². The Hall–Kier alpha value is -2.20. The molecular weight excluding hydrogens is 402 g/mol. The quantitative estimate of drug-likeness (QED) is 0.596. The van der Waals surface area contributed by atoms with Gasteiger partial charge in [-0.25, -0.2) is 18.5 Å². The minimum atomic E-state index is -3.74. The van der Waals surface area contributed by atoms with E-state index in [1.165, 1.54) is 52.9 Å². The molecule has 0 saturated carbocycles. The summed E-state index contributed by atoms with van der Waals surface area (Å²) in [7, 11) is -3.74. The highest BCUT2D eigenvalue weighted by molar-refractivity contribution is 8.01. The van der Waals surface area contributed by atoms with Gasteiger partial charge in [0.15, 0.2) is 4.34 Å². The van der Waals surface area contributed by atoms with Crippen LogP contribution < -0.4 is 10.5 Å². The van der Waals surface area contributed by atoms with E-state index in [-0.39, 0.29) is 16.6 Å². The zero-order valence-electron chi connectivity index (χ0n) is 14.4. The second-order valence-electron chi connectivity index (χ2n) is 5.77. The standard InChI is InChI=1S/C18H17N3O3S3/c1-12-2-4-13(5-3-12)16-10-25-18(21-16)26-11-17(22)20-14-6-8-15(9-7-14)27(19,23)24/h2-10H,11H2,1H3,(H,20,22)(H2,19,23,24). The van der Waals surface area contributed by atoms with Crippen LogP contribution >= 0.6 is 23.1 Å². The van der Waals surface area contributed by atoms with Crippen molar-refractivity contribution in [3.8, 4) is 11.3 Å². The number of amides is 1. The molecule has 0 bridgehead atoms. The number of rotatable bonds is 6. The molecule has 0 fully saturated rings. The molecule has 3 rings (SSSR count). The molecule has 0 unspecified atom stereocenters. The fourth-order valence-electron chi connectivity index (χ4n) is 2.23. The molecule has 0 aliphatic carbocycles. The summed E-state index contributed by atoms with van der Waals surface area (Å²) in [4.78, 5) is 16.6. The topological polar surface area (TPSA) is 102 Å². The van der Waals surface area contributed by atoms with Gasteiger partial charge >= 0.3 is 0 Å². The predicted octanol–water partition coefficient (Wildman–Crippen LogP) is 3.50. The molecule has 3 N–H and O–H groups in total. The van der Waals surface area contributed by atoms with Crippen molar-refractivity contribution in [1.29, 1.82) is 0 Å². The number of hydrogen-bond donors (Lipinski definition) is 2. The van der Waals surface area contributed by atoms with E-state index in [1.807, 2.05) is 36.6 Å². The van der Waals surface area contributed by atoms with Gasteiger partial charge in [-0.15, -0.1) is 11.3 Å². The predicted molar refractivity (Wildman–Crippen MR) is 109 cm³/mol. The first kappa shape index (κ1) is 19.6. The van der Waals surface area contributed by atoms with Gasteiger partial charge in [0.2, 0.25) is 15.9 Å². The van der Waals surface area contributed by atoms with Crippen LogP contribution in [0.25, 0.3) is 11.3 Å². The lowest BCUT2D eigenvalue weighted by atomic mass is 10.1. The van der Waals surface area contributed by atoms with E-state index in [9.17, 15) is 13.2 Å². The summed E-state index contributed by atoms with van der Waals surface area (Å²) in [5.74, 6) is 0.00748. The number of nitrogens with two attached hydrogens (primary N) is 1. The molecule has 27 heavy (non-hydrogen) atoms. The van der Waals surface area contributed by atoms with Gasteiger partial charge in [0.1, 0.15) is 0 Å². The summed E-state index contributed by atoms with van der Waals surface area (Å²) in [6.07, 6.45) is 0. The number of nitrogens with zero attached hydrogens (tertiary/aromatic N) is 1. The van der Waals surface area contributed by atoms with Crippen LogP contribution in [0, 0.1) is 6.92 Å². The molecule has 9 heteroatoms. The number of aryl methyl sites for hydroxylation is 1. The van der Waals surface area contributed by atoms with Gasteiger partial charge in [0.25, 0.3) is 0 Å². The van der Waals surface area contributed by atoms with Crippen molar-refractivity contribution in [3.63, 3.8) is 0 Å². The Balaban J connectivity index is 1.56. The maximum absolute atomic E-state index is 12.1. The van der Waals surface area contributed by atoms with E-state index in [0.29, 0.717) is 5.69 Å². The fraction of sp³-hybridized carbons (Fsp3) is 0.111. The second-order valence-corrected chi connectivity index (χ2v) is 9.41. The molecule has 0 aliphatic heterocycles. The zero-order valence-corrected chi connectivity index (χ0v) is 16.8. The fourth-order valence-corrected chi connectivity index (χ4v) is 4.38. The Bertz CT molecular complexity index is 1040. The van der Waals surface area contributed by atoms with Crippen molar-refractivity contribution in [2.75, 3.05) is 11.1 Å². The third-order valence-corrected chi connectivity index (χ3v) is 6.57. The van der Waals surface area contributed by atoms with Gasteiger partial charge in [-0.1, -0.05) is 41.6 Å². The van der Waals surface area contributed by atoms with Crippen molar-refractivity contribution in [2.45, 2.75) is 16.2 Å². The second kappa shape index (κ2) is 8.22. The van der Waals surface area contributed by atoms with Crippen LogP contribution in [0.2, 0.25) is 0 Å². The first-order valence-electron chi connectivity index (χ1n) is 7.89. The highest BCUT2D eigenvalue weighted by atomic mass is 32.2. The Kier molecular flexibility index (Phi) is 5.95. The number of sulfonamides is 1. The Morgan fingerprint density at radius 2 is 1.81 bits per heavy atom. The summed E-state index contributed by atoms with van der Waals surface area (Å²) in [5, 5.41) is 9.73. The number of aromatic nitrogens is 1. The minimum absolute atomic E-state index is 0.00120. The minimum Gasteiger partial charge on any atom is -0.325 e. The van der Waals surface area contributed by atoms with Crippen molar-refractivity contribution in [1.82, 2.24) is 4.98 Å². The summed E-state index contributed by atoms with van der Waals surface area (Å²) >= 11 is 2.85. The van der Waals surface area contributed by atoms with Crippen molar-refractivity contribution in [2.24, 2.45) is 5.14 Å². The lowest BCUT2D eigenvalue weighted by Crippen LogP contribution is -2.15. The maximum Gasteiger partial charge on any atom is 0.238 e. The molecule has 3 aromatic rings. The molecule has 0 radical (unpaired) electrons. The largest absolute Gasteiger partial charge is 0.325 e. The van der Waals surface area contributed by atoms with E-state index in [1.54, 1.807) is 0 Å². The Morgan fingerprint density at radius 1 is 1.15 bits per heavy atom. The van der Waals surface area contributed by atoms with Gasteiger partial charge < -0.3 is 5.32 Å². The lowest BCUT2D eigenvalue weighted by Gasteiger charge is -2.05. The van der Waals surface area contributed by atoms with Crippen molar-refractivity contribution >= 4 is 44.7 Å². The summed E-state index contributed by atoms with van der Waals surface area (Å²) in [5.41, 5.74) is 3.63. The molecular formula is C18H17N3O3S3. The highest BCUT2D eigenvalue weighted by Gasteiger charge is 2.10. The third kappa shape index (κ3) is 5.39. The molecule has 1 heterocycles. The third-order valence-electron chi connectivity index (χ3n) is 3.62. The number of carbonyl (C=O) groups excluding carboxylic acids is 1. The number of carbonyl (C=O) groups is 1. The molecule has 0 saturated heterocycles. The maximum atomic E-state index is 12.1. The summed E-state index contributed by atoms with van der Waals surface area (Å²) in [6.45, 7) is 2.03. The van der Waals surface area contributed by atoms with Crippen LogP contribution in [-0.2, 0) is 14.8 Å². The summed E-state index contributed by atoms with van der Waals surface area (Å²) in [6, 6.07) is 13.8. The van der Waals surface area contributed by atoms with Crippen LogP contribution in [-0.4, -0.2) is 25.1 Å². The van der Waals surface area contributed by atoms with Gasteiger partial charge in [-0.05, 0) is 31.2 Å². The molecule has 1 amide bonds. The van der Waals surface area contributed by atoms with Crippen LogP contribution in [0.15, 0.2) is 63.1 Å². The first-order valence-corrected chi connectivity index (χ1v) is 11.3. The van der Waals surface area contributed by atoms with Crippen molar-refractivity contribution in [3.05, 3.63) is 59.5 Å². The highest BCUT2D eigenvalue weighted by Crippen LogP contribution is 2.28. The van der Waals surface area contributed by atoms with Gasteiger partial charge in [-0.2, -0.15) is 0 Å². The van der Waals surface area contributed by atoms with E-state index >= 15 is 0 Å². The number of primary sulfonamides is 1. The number of nitrogens with one attached hydrogen (secondary N) is 1. The van der Waals surface area contributed by atoms with E-state index in [4.69, 9.17) is 5.14 Å². The Morgan fingerprint density at radius 3 is 2.44 bits per heavy atom. The van der Waals surface area contributed by atoms with Crippen LogP contribution in [0.1, 0.15) is 5.56 Å². The SMILES string of the molecule is Cc1ccc(-c2csc(SCC(=O)Nc3ccc(S(N)(=O)=O)cc3)n2)cc1. The van der Waals surface area contributed by atoms with E-state index in [0.717, 1.165) is 15.6 Å². The molecule has 0 atom stereocenters. The lowest BCUT2D eigenvalue weighted by molar-refractivity contribution is -0.113. The molecule has 140 valence electrons. The van der Waals surface area contributed by atoms with E-state index in [2.05, 4.69) is 10.3 Å². The zero-order chi connectivity index (χ0) is 19.4. The Labute approximate surface area is 165 Å². The van der Waals surface area contributed by atoms with Crippen LogP contribution in [0.5, 0.6) is 0 Å². The normalized spacial score (nSPS) is 11.3. The molecule has 2 aromatic carbocycles. The number of hydrogen-bond acceptors (Lipinski definition) is 6. The number of thioether (sulfide) groups is 1. The van der Waals surface area contributed by atoms with Crippen molar-refractivity contribution < 1.29 is 13.2 Å². The first-order chi connectivity index (χ1) is 12.8. The molecule has 0 spiro atoms. The number of benzene rings is 2. The van der Waals surface area contributed by atoms with Gasteiger partial charge in [-0.3, -0.25) is 4.79 Å². The number of thiazole rings is 1. The molecule has 0 aliphatic rings.